The van der Waals surface area contributed by atoms with Crippen LogP contribution in [0.1, 0.15) is 27.2 Å². The molecule has 0 saturated carbocycles. The monoisotopic (exact) mass is 233 g/mol. The molecule has 1 saturated heterocycles. The van der Waals surface area contributed by atoms with Gasteiger partial charge in [0.2, 0.25) is 11.8 Å². The number of rotatable bonds is 2. The summed E-state index contributed by atoms with van der Waals surface area (Å²) in [6, 6.07) is 3.84. The van der Waals surface area contributed by atoms with E-state index in [9.17, 15) is 9.59 Å². The fourth-order valence-electron chi connectivity index (χ4n) is 2.56. The van der Waals surface area contributed by atoms with Crippen molar-refractivity contribution < 1.29 is 9.59 Å². The minimum absolute atomic E-state index is 0.199. The molecule has 0 aromatic rings. The third-order valence-corrected chi connectivity index (χ3v) is 3.20. The molecule has 1 rings (SSSR count). The van der Waals surface area contributed by atoms with Gasteiger partial charge in [0.15, 0.2) is 0 Å². The topological polar surface area (TPSA) is 93.8 Å². The molecular formula is C12H15N3O2. The van der Waals surface area contributed by atoms with Crippen LogP contribution in [0.3, 0.4) is 0 Å². The van der Waals surface area contributed by atoms with Gasteiger partial charge in [-0.15, -0.1) is 0 Å². The summed E-state index contributed by atoms with van der Waals surface area (Å²) in [5.74, 6) is -2.88. The molecule has 17 heavy (non-hydrogen) atoms. The van der Waals surface area contributed by atoms with Crippen LogP contribution >= 0.6 is 0 Å². The smallest absolute Gasteiger partial charge is 0.244 e. The molecule has 1 heterocycles. The Bertz CT molecular complexity index is 396. The van der Waals surface area contributed by atoms with Crippen molar-refractivity contribution in [1.82, 2.24) is 5.32 Å². The van der Waals surface area contributed by atoms with Crippen LogP contribution in [0, 0.1) is 45.8 Å². The summed E-state index contributed by atoms with van der Waals surface area (Å²) in [5, 5.41) is 20.2. The lowest BCUT2D eigenvalue weighted by Crippen LogP contribution is -2.56. The maximum atomic E-state index is 11.6. The molecule has 5 nitrogen and oxygen atoms in total. The molecule has 1 N–H and O–H groups in total. The van der Waals surface area contributed by atoms with Crippen molar-refractivity contribution in [3.8, 4) is 12.1 Å². The Hall–Kier alpha value is -1.88. The highest BCUT2D eigenvalue weighted by molar-refractivity contribution is 6.03. The van der Waals surface area contributed by atoms with E-state index in [4.69, 9.17) is 10.5 Å². The van der Waals surface area contributed by atoms with Gasteiger partial charge >= 0.3 is 0 Å². The Labute approximate surface area is 100 Å². The minimum Gasteiger partial charge on any atom is -0.294 e. The highest BCUT2D eigenvalue weighted by Gasteiger charge is 2.53. The molecule has 2 amide bonds. The molecule has 5 heteroatoms. The number of hydrogen-bond donors (Lipinski definition) is 1. The van der Waals surface area contributed by atoms with Crippen LogP contribution in [-0.4, -0.2) is 11.8 Å². The quantitative estimate of drug-likeness (QED) is 0.719. The zero-order valence-electron chi connectivity index (χ0n) is 10.2. The van der Waals surface area contributed by atoms with Crippen LogP contribution in [0.25, 0.3) is 0 Å². The second-order valence-corrected chi connectivity index (χ2v) is 5.08. The van der Waals surface area contributed by atoms with Crippen molar-refractivity contribution in [3.05, 3.63) is 0 Å². The molecule has 1 aliphatic rings. The van der Waals surface area contributed by atoms with Gasteiger partial charge < -0.3 is 0 Å². The predicted octanol–water partition coefficient (Wildman–Crippen LogP) is 0.975. The number of imide groups is 1. The summed E-state index contributed by atoms with van der Waals surface area (Å²) in [7, 11) is 0. The van der Waals surface area contributed by atoms with Crippen LogP contribution in [0.2, 0.25) is 0 Å². The first-order chi connectivity index (χ1) is 7.86. The van der Waals surface area contributed by atoms with Gasteiger partial charge in [0.25, 0.3) is 0 Å². The van der Waals surface area contributed by atoms with E-state index in [-0.39, 0.29) is 5.92 Å². The SMILES string of the molecule is CC(C)CC1(C)[C@H](C#N)C(=O)NC(=O)[C@H]1C#N. The van der Waals surface area contributed by atoms with Crippen LogP contribution in [0.4, 0.5) is 0 Å². The summed E-state index contributed by atoms with van der Waals surface area (Å²) in [6.45, 7) is 5.54. The molecule has 0 aliphatic carbocycles. The highest BCUT2D eigenvalue weighted by atomic mass is 16.2. The maximum Gasteiger partial charge on any atom is 0.244 e. The van der Waals surface area contributed by atoms with Crippen LogP contribution in [-0.2, 0) is 9.59 Å². The van der Waals surface area contributed by atoms with Crippen molar-refractivity contribution in [2.45, 2.75) is 27.2 Å². The number of nitrogens with zero attached hydrogens (tertiary/aromatic N) is 2. The average molecular weight is 233 g/mol. The van der Waals surface area contributed by atoms with Crippen LogP contribution < -0.4 is 5.32 Å². The third kappa shape index (κ3) is 2.14. The van der Waals surface area contributed by atoms with E-state index in [1.807, 2.05) is 26.0 Å². The molecule has 90 valence electrons. The zero-order chi connectivity index (χ0) is 13.2. The van der Waals surface area contributed by atoms with E-state index in [0.717, 1.165) is 0 Å². The number of nitriles is 2. The van der Waals surface area contributed by atoms with E-state index in [2.05, 4.69) is 5.32 Å². The molecule has 0 unspecified atom stereocenters. The van der Waals surface area contributed by atoms with Crippen molar-refractivity contribution in [2.75, 3.05) is 0 Å². The van der Waals surface area contributed by atoms with Gasteiger partial charge in [-0.05, 0) is 12.3 Å². The second kappa shape index (κ2) is 4.55. The zero-order valence-corrected chi connectivity index (χ0v) is 10.2. The van der Waals surface area contributed by atoms with Gasteiger partial charge in [0.05, 0.1) is 12.1 Å². The number of nitrogens with one attached hydrogen (secondary N) is 1. The van der Waals surface area contributed by atoms with E-state index in [0.29, 0.717) is 6.42 Å². The first kappa shape index (κ1) is 13.2. The van der Waals surface area contributed by atoms with Gasteiger partial charge in [-0.25, -0.2) is 0 Å². The summed E-state index contributed by atoms with van der Waals surface area (Å²) >= 11 is 0. The van der Waals surface area contributed by atoms with E-state index >= 15 is 0 Å². The second-order valence-electron chi connectivity index (χ2n) is 5.08. The highest BCUT2D eigenvalue weighted by Crippen LogP contribution is 2.43. The Morgan fingerprint density at radius 3 is 1.94 bits per heavy atom. The molecular weight excluding hydrogens is 218 g/mol. The molecule has 0 aromatic carbocycles. The lowest BCUT2D eigenvalue weighted by Gasteiger charge is -2.40. The number of amides is 2. The van der Waals surface area contributed by atoms with Crippen molar-refractivity contribution in [2.24, 2.45) is 23.2 Å². The molecule has 1 aliphatic heterocycles. The Morgan fingerprint density at radius 1 is 1.24 bits per heavy atom. The molecule has 0 radical (unpaired) electrons. The van der Waals surface area contributed by atoms with Crippen molar-refractivity contribution >= 4 is 11.8 Å². The number of carbonyl (C=O) groups excluding carboxylic acids is 2. The Kier molecular flexibility index (Phi) is 3.53. The number of hydrogen-bond acceptors (Lipinski definition) is 4. The lowest BCUT2D eigenvalue weighted by atomic mass is 9.62. The summed E-state index contributed by atoms with van der Waals surface area (Å²) < 4.78 is 0. The third-order valence-electron chi connectivity index (χ3n) is 3.20. The molecule has 2 atom stereocenters. The first-order valence-corrected chi connectivity index (χ1v) is 5.50. The number of carbonyl (C=O) groups is 2. The fourth-order valence-corrected chi connectivity index (χ4v) is 2.56. The molecule has 0 bridgehead atoms. The maximum absolute atomic E-state index is 11.6. The van der Waals surface area contributed by atoms with Crippen molar-refractivity contribution in [3.63, 3.8) is 0 Å². The molecule has 0 spiro atoms. The Balaban J connectivity index is 3.23. The van der Waals surface area contributed by atoms with E-state index in [1.54, 1.807) is 6.92 Å². The Morgan fingerprint density at radius 2 is 1.65 bits per heavy atom. The minimum atomic E-state index is -0.952. The van der Waals surface area contributed by atoms with Gasteiger partial charge in [0, 0.05) is 5.41 Å². The van der Waals surface area contributed by atoms with Crippen molar-refractivity contribution in [1.29, 1.82) is 10.5 Å². The number of piperidine rings is 1. The predicted molar refractivity (Wildman–Crippen MR) is 58.9 cm³/mol. The largest absolute Gasteiger partial charge is 0.294 e. The van der Waals surface area contributed by atoms with Gasteiger partial charge in [-0.3, -0.25) is 14.9 Å². The lowest BCUT2D eigenvalue weighted by molar-refractivity contribution is -0.144. The first-order valence-electron chi connectivity index (χ1n) is 5.50. The normalized spacial score (nSPS) is 27.2. The van der Waals surface area contributed by atoms with Gasteiger partial charge in [-0.2, -0.15) is 10.5 Å². The summed E-state index contributed by atoms with van der Waals surface area (Å²) in [5.41, 5.74) is -0.906. The van der Waals surface area contributed by atoms with Crippen LogP contribution in [0.15, 0.2) is 0 Å². The average Bonchev–Trinajstić information content (AvgIpc) is 2.15. The fraction of sp³-hybridized carbons (Fsp3) is 0.667. The van der Waals surface area contributed by atoms with E-state index < -0.39 is 29.1 Å². The standard InChI is InChI=1S/C12H15N3O2/c1-7(2)4-12(3)8(5-13)10(16)15-11(17)9(12)6-14/h7-9H,4H2,1-3H3,(H,15,16,17)/t8-,9-/m1/s1. The summed E-state index contributed by atoms with van der Waals surface area (Å²) in [4.78, 5) is 23.3. The van der Waals surface area contributed by atoms with Gasteiger partial charge in [0.1, 0.15) is 11.8 Å². The summed E-state index contributed by atoms with van der Waals surface area (Å²) in [6.07, 6.45) is 0.489. The van der Waals surface area contributed by atoms with E-state index in [1.165, 1.54) is 0 Å². The molecule has 0 aromatic heterocycles. The van der Waals surface area contributed by atoms with Crippen LogP contribution in [0.5, 0.6) is 0 Å². The molecule has 1 fully saturated rings. The van der Waals surface area contributed by atoms with Gasteiger partial charge in [-0.1, -0.05) is 20.8 Å².